The standard InChI is InChI=1S/C18H22ClN3O/c1-13(2)9-10-20-16-7-8-17(21-12-16)18(23)22-11-14-3-5-15(19)6-4-14/h3-8,12-13,20H,9-11H2,1-2H3,(H,22,23). The SMILES string of the molecule is CC(C)CCNc1ccc(C(=O)NCc2ccc(Cl)cc2)nc1. The van der Waals surface area contributed by atoms with Gasteiger partial charge in [-0.1, -0.05) is 37.6 Å². The summed E-state index contributed by atoms with van der Waals surface area (Å²) in [6, 6.07) is 11.0. The topological polar surface area (TPSA) is 54.0 Å². The van der Waals surface area contributed by atoms with Crippen LogP contribution in [0.3, 0.4) is 0 Å². The van der Waals surface area contributed by atoms with Gasteiger partial charge in [0.1, 0.15) is 5.69 Å². The fraction of sp³-hybridized carbons (Fsp3) is 0.333. The van der Waals surface area contributed by atoms with E-state index in [1.54, 1.807) is 24.4 Å². The van der Waals surface area contributed by atoms with Crippen molar-refractivity contribution in [2.45, 2.75) is 26.8 Å². The number of carbonyl (C=O) groups is 1. The molecule has 0 saturated heterocycles. The van der Waals surface area contributed by atoms with Gasteiger partial charge in [-0.25, -0.2) is 4.98 Å². The quantitative estimate of drug-likeness (QED) is 0.802. The first-order valence-electron chi connectivity index (χ1n) is 7.77. The van der Waals surface area contributed by atoms with E-state index in [1.807, 2.05) is 18.2 Å². The number of nitrogens with one attached hydrogen (secondary N) is 2. The summed E-state index contributed by atoms with van der Waals surface area (Å²) in [6.07, 6.45) is 2.79. The van der Waals surface area contributed by atoms with E-state index in [-0.39, 0.29) is 5.91 Å². The molecule has 4 nitrogen and oxygen atoms in total. The van der Waals surface area contributed by atoms with Crippen LogP contribution in [0.25, 0.3) is 0 Å². The monoisotopic (exact) mass is 331 g/mol. The lowest BCUT2D eigenvalue weighted by Gasteiger charge is -2.09. The first-order valence-corrected chi connectivity index (χ1v) is 8.15. The molecule has 0 saturated carbocycles. The molecule has 0 aliphatic rings. The van der Waals surface area contributed by atoms with Crippen molar-refractivity contribution in [2.24, 2.45) is 5.92 Å². The van der Waals surface area contributed by atoms with Crippen LogP contribution in [-0.2, 0) is 6.54 Å². The molecule has 0 aliphatic heterocycles. The molecule has 1 amide bonds. The third-order valence-corrected chi connectivity index (χ3v) is 3.67. The van der Waals surface area contributed by atoms with Crippen molar-refractivity contribution in [2.75, 3.05) is 11.9 Å². The molecule has 1 aromatic heterocycles. The zero-order valence-electron chi connectivity index (χ0n) is 13.5. The van der Waals surface area contributed by atoms with Gasteiger partial charge < -0.3 is 10.6 Å². The molecule has 0 fully saturated rings. The second-order valence-electron chi connectivity index (χ2n) is 5.85. The Bertz CT molecular complexity index is 624. The molecule has 122 valence electrons. The molecule has 2 N–H and O–H groups in total. The van der Waals surface area contributed by atoms with E-state index in [0.29, 0.717) is 23.2 Å². The van der Waals surface area contributed by atoms with Gasteiger partial charge in [0.25, 0.3) is 5.91 Å². The number of nitrogens with zero attached hydrogens (tertiary/aromatic N) is 1. The molecule has 0 bridgehead atoms. The van der Waals surface area contributed by atoms with E-state index in [2.05, 4.69) is 29.5 Å². The normalized spacial score (nSPS) is 10.6. The number of halogens is 1. The Labute approximate surface area is 142 Å². The Morgan fingerprint density at radius 2 is 1.91 bits per heavy atom. The van der Waals surface area contributed by atoms with E-state index in [4.69, 9.17) is 11.6 Å². The Hall–Kier alpha value is -2.07. The van der Waals surface area contributed by atoms with Crippen molar-refractivity contribution in [1.82, 2.24) is 10.3 Å². The third kappa shape index (κ3) is 5.91. The maximum Gasteiger partial charge on any atom is 0.270 e. The van der Waals surface area contributed by atoms with Gasteiger partial charge in [-0.3, -0.25) is 4.79 Å². The maximum absolute atomic E-state index is 12.1. The number of aromatic nitrogens is 1. The molecular formula is C18H22ClN3O. The average Bonchev–Trinajstić information content (AvgIpc) is 2.54. The highest BCUT2D eigenvalue weighted by atomic mass is 35.5. The van der Waals surface area contributed by atoms with Gasteiger partial charge in [-0.05, 0) is 42.2 Å². The third-order valence-electron chi connectivity index (χ3n) is 3.41. The predicted molar refractivity (Wildman–Crippen MR) is 94.8 cm³/mol. The minimum atomic E-state index is -0.186. The summed E-state index contributed by atoms with van der Waals surface area (Å²) in [4.78, 5) is 16.3. The summed E-state index contributed by atoms with van der Waals surface area (Å²) in [7, 11) is 0. The van der Waals surface area contributed by atoms with Crippen LogP contribution in [-0.4, -0.2) is 17.4 Å². The summed E-state index contributed by atoms with van der Waals surface area (Å²) in [5.41, 5.74) is 2.34. The van der Waals surface area contributed by atoms with Crippen molar-refractivity contribution < 1.29 is 4.79 Å². The molecule has 2 rings (SSSR count). The number of amides is 1. The number of benzene rings is 1. The number of rotatable bonds is 7. The maximum atomic E-state index is 12.1. The van der Waals surface area contributed by atoms with Crippen LogP contribution in [0.1, 0.15) is 36.3 Å². The number of carbonyl (C=O) groups excluding carboxylic acids is 1. The lowest BCUT2D eigenvalue weighted by molar-refractivity contribution is 0.0946. The molecule has 0 spiro atoms. The van der Waals surface area contributed by atoms with Crippen LogP contribution in [0.4, 0.5) is 5.69 Å². The van der Waals surface area contributed by atoms with Gasteiger partial charge >= 0.3 is 0 Å². The van der Waals surface area contributed by atoms with Crippen LogP contribution in [0, 0.1) is 5.92 Å². The lowest BCUT2D eigenvalue weighted by Crippen LogP contribution is -2.23. The summed E-state index contributed by atoms with van der Waals surface area (Å²) in [5.74, 6) is 0.474. The molecule has 5 heteroatoms. The van der Waals surface area contributed by atoms with Gasteiger partial charge in [-0.2, -0.15) is 0 Å². The van der Waals surface area contributed by atoms with Gasteiger partial charge in [0.2, 0.25) is 0 Å². The number of anilines is 1. The Balaban J connectivity index is 1.83. The van der Waals surface area contributed by atoms with Crippen molar-refractivity contribution in [3.8, 4) is 0 Å². The van der Waals surface area contributed by atoms with E-state index in [1.165, 1.54) is 0 Å². The fourth-order valence-electron chi connectivity index (χ4n) is 2.01. The highest BCUT2D eigenvalue weighted by Crippen LogP contribution is 2.10. The summed E-state index contributed by atoms with van der Waals surface area (Å²) in [5, 5.41) is 6.83. The molecule has 1 heterocycles. The van der Waals surface area contributed by atoms with Gasteiger partial charge in [0.15, 0.2) is 0 Å². The molecule has 23 heavy (non-hydrogen) atoms. The number of hydrogen-bond donors (Lipinski definition) is 2. The van der Waals surface area contributed by atoms with E-state index < -0.39 is 0 Å². The molecule has 0 unspecified atom stereocenters. The van der Waals surface area contributed by atoms with E-state index in [9.17, 15) is 4.79 Å². The zero-order valence-corrected chi connectivity index (χ0v) is 14.2. The highest BCUT2D eigenvalue weighted by Gasteiger charge is 2.07. The minimum absolute atomic E-state index is 0.186. The van der Waals surface area contributed by atoms with Crippen LogP contribution in [0.5, 0.6) is 0 Å². The molecule has 0 radical (unpaired) electrons. The van der Waals surface area contributed by atoms with Crippen molar-refractivity contribution in [3.05, 3.63) is 58.9 Å². The van der Waals surface area contributed by atoms with Crippen molar-refractivity contribution in [1.29, 1.82) is 0 Å². The zero-order chi connectivity index (χ0) is 16.7. The first kappa shape index (κ1) is 17.3. The Morgan fingerprint density at radius 1 is 1.17 bits per heavy atom. The summed E-state index contributed by atoms with van der Waals surface area (Å²) < 4.78 is 0. The largest absolute Gasteiger partial charge is 0.384 e. The van der Waals surface area contributed by atoms with Crippen LogP contribution in [0.15, 0.2) is 42.6 Å². The average molecular weight is 332 g/mol. The Morgan fingerprint density at radius 3 is 2.52 bits per heavy atom. The Kier molecular flexibility index (Phi) is 6.41. The van der Waals surface area contributed by atoms with E-state index in [0.717, 1.165) is 24.2 Å². The molecule has 1 aromatic carbocycles. The first-order chi connectivity index (χ1) is 11.0. The predicted octanol–water partition coefficient (Wildman–Crippen LogP) is 4.12. The van der Waals surface area contributed by atoms with Crippen LogP contribution in [0.2, 0.25) is 5.02 Å². The second kappa shape index (κ2) is 8.53. The minimum Gasteiger partial charge on any atom is -0.384 e. The summed E-state index contributed by atoms with van der Waals surface area (Å²) in [6.45, 7) is 5.73. The van der Waals surface area contributed by atoms with Gasteiger partial charge in [0.05, 0.1) is 11.9 Å². The number of pyridine rings is 1. The fourth-order valence-corrected chi connectivity index (χ4v) is 2.14. The van der Waals surface area contributed by atoms with Crippen LogP contribution < -0.4 is 10.6 Å². The molecular weight excluding hydrogens is 310 g/mol. The van der Waals surface area contributed by atoms with Gasteiger partial charge in [0, 0.05) is 18.1 Å². The summed E-state index contributed by atoms with van der Waals surface area (Å²) >= 11 is 5.84. The van der Waals surface area contributed by atoms with Gasteiger partial charge in [-0.15, -0.1) is 0 Å². The van der Waals surface area contributed by atoms with Crippen molar-refractivity contribution in [3.63, 3.8) is 0 Å². The lowest BCUT2D eigenvalue weighted by atomic mass is 10.1. The molecule has 2 aromatic rings. The number of hydrogen-bond acceptors (Lipinski definition) is 3. The molecule has 0 atom stereocenters. The second-order valence-corrected chi connectivity index (χ2v) is 6.29. The van der Waals surface area contributed by atoms with Crippen LogP contribution >= 0.6 is 11.6 Å². The smallest absolute Gasteiger partial charge is 0.270 e. The van der Waals surface area contributed by atoms with Crippen molar-refractivity contribution >= 4 is 23.2 Å². The highest BCUT2D eigenvalue weighted by molar-refractivity contribution is 6.30. The molecule has 0 aliphatic carbocycles. The van der Waals surface area contributed by atoms with E-state index >= 15 is 0 Å².